The van der Waals surface area contributed by atoms with Crippen LogP contribution in [0.2, 0.25) is 0 Å². The van der Waals surface area contributed by atoms with Crippen LogP contribution < -0.4 is 5.32 Å². The predicted molar refractivity (Wildman–Crippen MR) is 58.7 cm³/mol. The lowest BCUT2D eigenvalue weighted by Gasteiger charge is -2.08. The average Bonchev–Trinajstić information content (AvgIpc) is 2.68. The van der Waals surface area contributed by atoms with E-state index >= 15 is 0 Å². The molecule has 1 N–H and O–H groups in total. The van der Waals surface area contributed by atoms with Gasteiger partial charge in [0, 0.05) is 17.8 Å². The number of fused-ring (bicyclic) bond motifs is 1. The van der Waals surface area contributed by atoms with Gasteiger partial charge in [0.05, 0.1) is 0 Å². The van der Waals surface area contributed by atoms with Gasteiger partial charge < -0.3 is 9.73 Å². The number of benzene rings is 1. The third-order valence-corrected chi connectivity index (χ3v) is 2.52. The Labute approximate surface area is 88.1 Å². The first-order chi connectivity index (χ1) is 7.33. The Hall–Kier alpha value is -1.35. The molecule has 1 aromatic carbocycles. The van der Waals surface area contributed by atoms with Gasteiger partial charge in [0.1, 0.15) is 18.0 Å². The van der Waals surface area contributed by atoms with Gasteiger partial charge >= 0.3 is 0 Å². The van der Waals surface area contributed by atoms with Gasteiger partial charge in [-0.05, 0) is 19.2 Å². The molecule has 1 heterocycles. The fourth-order valence-corrected chi connectivity index (χ4v) is 1.61. The molecule has 0 aliphatic heterocycles. The highest BCUT2D eigenvalue weighted by molar-refractivity contribution is 5.77. The van der Waals surface area contributed by atoms with Gasteiger partial charge in [0.2, 0.25) is 0 Å². The molecule has 0 saturated carbocycles. The van der Waals surface area contributed by atoms with Crippen molar-refractivity contribution >= 4 is 11.0 Å². The van der Waals surface area contributed by atoms with Crippen LogP contribution in [-0.4, -0.2) is 19.8 Å². The molecule has 2 aromatic rings. The summed E-state index contributed by atoms with van der Waals surface area (Å²) in [6.07, 6.45) is 0.585. The molecule has 80 valence electrons. The van der Waals surface area contributed by atoms with Crippen LogP contribution in [0.5, 0.6) is 0 Å². The normalized spacial score (nSPS) is 13.2. The molecular weight excluding hydrogens is 193 g/mol. The molecule has 15 heavy (non-hydrogen) atoms. The van der Waals surface area contributed by atoms with Crippen molar-refractivity contribution in [1.29, 1.82) is 0 Å². The molecule has 0 radical (unpaired) electrons. The highest BCUT2D eigenvalue weighted by atomic mass is 19.1. The molecule has 0 amide bonds. The zero-order chi connectivity index (χ0) is 10.7. The zero-order valence-corrected chi connectivity index (χ0v) is 8.66. The Morgan fingerprint density at radius 2 is 2.20 bits per heavy atom. The van der Waals surface area contributed by atoms with Crippen LogP contribution in [0, 0.1) is 0 Å². The molecule has 0 saturated heterocycles. The second kappa shape index (κ2) is 4.45. The first-order valence-corrected chi connectivity index (χ1v) is 5.04. The topological polar surface area (TPSA) is 25.2 Å². The van der Waals surface area contributed by atoms with E-state index in [1.807, 2.05) is 30.3 Å². The maximum absolute atomic E-state index is 12.5. The van der Waals surface area contributed by atoms with Crippen LogP contribution in [0.4, 0.5) is 4.39 Å². The second-order valence-corrected chi connectivity index (χ2v) is 3.59. The summed E-state index contributed by atoms with van der Waals surface area (Å²) in [5, 5.41) is 3.98. The fraction of sp³-hybridized carbons (Fsp3) is 0.333. The van der Waals surface area contributed by atoms with E-state index in [4.69, 9.17) is 4.42 Å². The van der Waals surface area contributed by atoms with Crippen LogP contribution in [0.1, 0.15) is 5.76 Å². The maximum atomic E-state index is 12.5. The van der Waals surface area contributed by atoms with E-state index in [1.54, 1.807) is 7.05 Å². The molecule has 0 aliphatic carbocycles. The van der Waals surface area contributed by atoms with Crippen molar-refractivity contribution in [1.82, 2.24) is 5.32 Å². The Kier molecular flexibility index (Phi) is 3.02. The second-order valence-electron chi connectivity index (χ2n) is 3.59. The number of likely N-dealkylation sites (N-methyl/N-ethyl adjacent to an activating group) is 1. The van der Waals surface area contributed by atoms with Crippen molar-refractivity contribution in [3.05, 3.63) is 36.1 Å². The van der Waals surface area contributed by atoms with Crippen LogP contribution in [0.3, 0.4) is 0 Å². The van der Waals surface area contributed by atoms with E-state index in [1.165, 1.54) is 0 Å². The van der Waals surface area contributed by atoms with Crippen LogP contribution in [0.15, 0.2) is 34.7 Å². The predicted octanol–water partition coefficient (Wildman–Crippen LogP) is 2.53. The van der Waals surface area contributed by atoms with Crippen molar-refractivity contribution in [3.63, 3.8) is 0 Å². The van der Waals surface area contributed by atoms with Gasteiger partial charge in [-0.2, -0.15) is 0 Å². The van der Waals surface area contributed by atoms with E-state index < -0.39 is 0 Å². The minimum atomic E-state index is -0.381. The summed E-state index contributed by atoms with van der Waals surface area (Å²) in [5.41, 5.74) is 0.862. The Morgan fingerprint density at radius 1 is 1.40 bits per heavy atom. The van der Waals surface area contributed by atoms with Gasteiger partial charge in [0.25, 0.3) is 0 Å². The fourth-order valence-electron chi connectivity index (χ4n) is 1.61. The van der Waals surface area contributed by atoms with Gasteiger partial charge in [-0.1, -0.05) is 18.2 Å². The monoisotopic (exact) mass is 207 g/mol. The smallest absolute Gasteiger partial charge is 0.134 e. The summed E-state index contributed by atoms with van der Waals surface area (Å²) in [6.45, 7) is -0.381. The molecule has 2 nitrogen and oxygen atoms in total. The lowest BCUT2D eigenvalue weighted by Crippen LogP contribution is -2.29. The third-order valence-electron chi connectivity index (χ3n) is 2.52. The van der Waals surface area contributed by atoms with Gasteiger partial charge in [0.15, 0.2) is 0 Å². The first-order valence-electron chi connectivity index (χ1n) is 5.04. The van der Waals surface area contributed by atoms with E-state index in [2.05, 4.69) is 5.32 Å². The molecule has 1 atom stereocenters. The number of hydrogen-bond acceptors (Lipinski definition) is 2. The molecule has 0 fully saturated rings. The largest absolute Gasteiger partial charge is 0.461 e. The minimum Gasteiger partial charge on any atom is -0.461 e. The lowest BCUT2D eigenvalue weighted by molar-refractivity contribution is 0.372. The first kappa shape index (κ1) is 10.2. The molecule has 1 aromatic heterocycles. The lowest BCUT2D eigenvalue weighted by atomic mass is 10.2. The van der Waals surface area contributed by atoms with Gasteiger partial charge in [-0.15, -0.1) is 0 Å². The number of para-hydroxylation sites is 1. The van der Waals surface area contributed by atoms with Gasteiger partial charge in [-0.3, -0.25) is 0 Å². The average molecular weight is 207 g/mol. The highest BCUT2D eigenvalue weighted by Crippen LogP contribution is 2.19. The summed E-state index contributed by atoms with van der Waals surface area (Å²) in [7, 11) is 1.76. The summed E-state index contributed by atoms with van der Waals surface area (Å²) in [4.78, 5) is 0. The number of nitrogens with one attached hydrogen (secondary N) is 1. The summed E-state index contributed by atoms with van der Waals surface area (Å²) in [6, 6.07) is 9.61. The number of alkyl halides is 1. The van der Waals surface area contributed by atoms with E-state index in [0.717, 1.165) is 16.7 Å². The number of furan rings is 1. The molecule has 0 spiro atoms. The maximum Gasteiger partial charge on any atom is 0.134 e. The molecule has 0 bridgehead atoms. The quantitative estimate of drug-likeness (QED) is 0.833. The highest BCUT2D eigenvalue weighted by Gasteiger charge is 2.10. The van der Waals surface area contributed by atoms with E-state index in [0.29, 0.717) is 6.42 Å². The Bertz CT molecular complexity index is 401. The molecular formula is C12H14FNO. The minimum absolute atomic E-state index is 0.162. The Morgan fingerprint density at radius 3 is 2.87 bits per heavy atom. The molecule has 0 aliphatic rings. The van der Waals surface area contributed by atoms with Crippen molar-refractivity contribution in [3.8, 4) is 0 Å². The summed E-state index contributed by atoms with van der Waals surface area (Å²) in [5.74, 6) is 0.827. The number of rotatable bonds is 4. The Balaban J connectivity index is 2.21. The SMILES string of the molecule is CNC(CF)Cc1cc2ccccc2o1. The van der Waals surface area contributed by atoms with Crippen molar-refractivity contribution in [2.45, 2.75) is 12.5 Å². The number of halogens is 1. The molecule has 3 heteroatoms. The van der Waals surface area contributed by atoms with Gasteiger partial charge in [-0.25, -0.2) is 4.39 Å². The van der Waals surface area contributed by atoms with E-state index in [9.17, 15) is 4.39 Å². The van der Waals surface area contributed by atoms with Crippen molar-refractivity contribution in [2.75, 3.05) is 13.7 Å². The van der Waals surface area contributed by atoms with Crippen LogP contribution in [0.25, 0.3) is 11.0 Å². The number of hydrogen-bond donors (Lipinski definition) is 1. The summed E-state index contributed by atoms with van der Waals surface area (Å²) < 4.78 is 18.1. The zero-order valence-electron chi connectivity index (χ0n) is 8.66. The third kappa shape index (κ3) is 2.18. The van der Waals surface area contributed by atoms with Crippen LogP contribution in [-0.2, 0) is 6.42 Å². The van der Waals surface area contributed by atoms with Crippen LogP contribution >= 0.6 is 0 Å². The van der Waals surface area contributed by atoms with Crippen molar-refractivity contribution < 1.29 is 8.81 Å². The van der Waals surface area contributed by atoms with Crippen molar-refractivity contribution in [2.24, 2.45) is 0 Å². The summed E-state index contributed by atoms with van der Waals surface area (Å²) >= 11 is 0. The molecule has 1 unspecified atom stereocenters. The standard InChI is InChI=1S/C12H14FNO/c1-14-10(8-13)7-11-6-9-4-2-3-5-12(9)15-11/h2-6,10,14H,7-8H2,1H3. The van der Waals surface area contributed by atoms with E-state index in [-0.39, 0.29) is 12.7 Å². The molecule has 2 rings (SSSR count).